The van der Waals surface area contributed by atoms with E-state index in [2.05, 4.69) is 146 Å². The summed E-state index contributed by atoms with van der Waals surface area (Å²) in [5, 5.41) is 7.27. The van der Waals surface area contributed by atoms with Gasteiger partial charge in [-0.05, 0) is 83.5 Å². The van der Waals surface area contributed by atoms with Crippen molar-refractivity contribution in [3.05, 3.63) is 131 Å². The minimum absolute atomic E-state index is 0. The van der Waals surface area contributed by atoms with Gasteiger partial charge < -0.3 is 9.30 Å². The quantitative estimate of drug-likeness (QED) is 0.129. The smallest absolute Gasteiger partial charge is 0.509 e. The predicted molar refractivity (Wildman–Crippen MR) is 215 cm³/mol. The molecular weight excluding hydrogens is 832 g/mol. The molecule has 1 atom stereocenters. The van der Waals surface area contributed by atoms with Gasteiger partial charge in [0.05, 0.1) is 5.69 Å². The maximum atomic E-state index is 6.60. The zero-order valence-corrected chi connectivity index (χ0v) is 34.7. The van der Waals surface area contributed by atoms with Gasteiger partial charge in [-0.1, -0.05) is 109 Å². The molecule has 0 bridgehead atoms. The molecule has 0 N–H and O–H groups in total. The van der Waals surface area contributed by atoms with E-state index >= 15 is 0 Å². The van der Waals surface area contributed by atoms with Crippen LogP contribution in [0.3, 0.4) is 0 Å². The van der Waals surface area contributed by atoms with Crippen LogP contribution in [0.5, 0.6) is 11.5 Å². The number of ether oxygens (including phenoxy) is 1. The summed E-state index contributed by atoms with van der Waals surface area (Å²) in [5.74, 6) is 3.32. The van der Waals surface area contributed by atoms with Crippen molar-refractivity contribution in [1.29, 1.82) is 0 Å². The molecule has 0 radical (unpaired) electrons. The Morgan fingerprint density at radius 3 is 2.30 bits per heavy atom. The van der Waals surface area contributed by atoms with Gasteiger partial charge in [0.2, 0.25) is 0 Å². The Morgan fingerprint density at radius 1 is 0.792 bits per heavy atom. The van der Waals surface area contributed by atoms with Gasteiger partial charge in [-0.2, -0.15) is 16.7 Å². The number of hydrogen-bond donors (Lipinski definition) is 0. The summed E-state index contributed by atoms with van der Waals surface area (Å²) in [6.45, 7) is 19.9. The topological polar surface area (TPSA) is 44.9 Å². The number of hydrogen-bond acceptors (Lipinski definition) is 3. The van der Waals surface area contributed by atoms with Crippen molar-refractivity contribution in [2.24, 2.45) is 5.92 Å². The van der Waals surface area contributed by atoms with E-state index in [9.17, 15) is 0 Å². The Balaban J connectivity index is 0.00000481. The van der Waals surface area contributed by atoms with Gasteiger partial charge in [-0.25, -0.2) is 4.98 Å². The van der Waals surface area contributed by atoms with Gasteiger partial charge in [0.15, 0.2) is 0 Å². The molecule has 0 aliphatic rings. The van der Waals surface area contributed by atoms with Crippen LogP contribution in [0.15, 0.2) is 91.1 Å². The molecule has 1 unspecified atom stereocenters. The van der Waals surface area contributed by atoms with Crippen molar-refractivity contribution in [2.45, 2.75) is 92.9 Å². The largest absolute Gasteiger partial charge is 2.00 e. The van der Waals surface area contributed by atoms with Gasteiger partial charge >= 0.3 is 21.1 Å². The molecular formula is C47H50N4OPt. The van der Waals surface area contributed by atoms with Gasteiger partial charge in [0, 0.05) is 34.5 Å². The molecule has 0 fully saturated rings. The minimum Gasteiger partial charge on any atom is -0.509 e. The van der Waals surface area contributed by atoms with Crippen LogP contribution in [0, 0.1) is 38.8 Å². The van der Waals surface area contributed by atoms with Crippen LogP contribution in [0.2, 0.25) is 0 Å². The molecule has 0 amide bonds. The van der Waals surface area contributed by atoms with Crippen LogP contribution in [0.1, 0.15) is 94.8 Å². The molecule has 0 aliphatic carbocycles. The number of benzene rings is 4. The van der Waals surface area contributed by atoms with E-state index in [-0.39, 0.29) is 26.5 Å². The van der Waals surface area contributed by atoms with Gasteiger partial charge in [0.1, 0.15) is 5.82 Å². The van der Waals surface area contributed by atoms with Crippen molar-refractivity contribution >= 4 is 21.8 Å². The van der Waals surface area contributed by atoms with Crippen LogP contribution >= 0.6 is 0 Å². The van der Waals surface area contributed by atoms with Crippen molar-refractivity contribution < 1.29 is 25.8 Å². The van der Waals surface area contributed by atoms with Crippen LogP contribution in [0.4, 0.5) is 0 Å². The Labute approximate surface area is 329 Å². The normalized spacial score (nSPS) is 12.4. The standard InChI is InChI=1S/C47H50N4O.Pt/c1-30(2)14-13-15-32(4)36-18-21-43-42(26-36)41-20-19-39(29-44(41)50(43)45-27-37(22-23-48-45)47(7,8)9)52-40-25-31(3)24-38(28-40)51-34(6)46(33(5)49-51)35-16-11-10-12-17-35;/h10-12,16-27,30,32H,13-15H2,1-9H3;/q-2;+2. The average Bonchev–Trinajstić information content (AvgIpc) is 3.59. The second-order valence-corrected chi connectivity index (χ2v) is 15.9. The summed E-state index contributed by atoms with van der Waals surface area (Å²) in [6.07, 6.45) is 5.60. The first-order chi connectivity index (χ1) is 24.9. The fourth-order valence-electron chi connectivity index (χ4n) is 7.40. The number of aromatic nitrogens is 4. The molecule has 53 heavy (non-hydrogen) atoms. The van der Waals surface area contributed by atoms with E-state index in [1.54, 1.807) is 0 Å². The third-order valence-corrected chi connectivity index (χ3v) is 10.3. The SMILES string of the molecule is Cc1cc(Oc2[c-]c3c(cc2)c2cc(C(C)CCCC(C)C)ccc2n3-c2cc(C(C)(C)C)ccn2)[c-]c(-n2nc(C)c(-c3ccccc3)c2C)c1.[Pt+2]. The number of aryl methyl sites for hydroxylation is 2. The molecule has 7 aromatic rings. The number of rotatable bonds is 10. The first-order valence-electron chi connectivity index (χ1n) is 18.7. The van der Waals surface area contributed by atoms with E-state index in [4.69, 9.17) is 14.8 Å². The fourth-order valence-corrected chi connectivity index (χ4v) is 7.40. The maximum absolute atomic E-state index is 6.60. The molecule has 4 aromatic carbocycles. The molecule has 274 valence electrons. The summed E-state index contributed by atoms with van der Waals surface area (Å²) < 4.78 is 10.8. The minimum atomic E-state index is -0.0148. The molecule has 7 rings (SSSR count). The van der Waals surface area contributed by atoms with Crippen molar-refractivity contribution in [2.75, 3.05) is 0 Å². The molecule has 3 heterocycles. The first-order valence-corrected chi connectivity index (χ1v) is 18.7. The summed E-state index contributed by atoms with van der Waals surface area (Å²) in [4.78, 5) is 4.91. The van der Waals surface area contributed by atoms with Crippen molar-refractivity contribution in [1.82, 2.24) is 19.3 Å². The molecule has 0 saturated heterocycles. The van der Waals surface area contributed by atoms with Crippen LogP contribution < -0.4 is 4.74 Å². The van der Waals surface area contributed by atoms with E-state index in [1.807, 2.05) is 29.1 Å². The zero-order valence-electron chi connectivity index (χ0n) is 32.4. The molecule has 0 aliphatic heterocycles. The molecule has 5 nitrogen and oxygen atoms in total. The summed E-state index contributed by atoms with van der Waals surface area (Å²) in [5.41, 5.74) is 10.9. The summed E-state index contributed by atoms with van der Waals surface area (Å²) in [6, 6.07) is 37.2. The van der Waals surface area contributed by atoms with E-state index in [1.165, 1.54) is 35.8 Å². The second-order valence-electron chi connectivity index (χ2n) is 15.9. The average molecular weight is 882 g/mol. The predicted octanol–water partition coefficient (Wildman–Crippen LogP) is 12.6. The molecule has 6 heteroatoms. The van der Waals surface area contributed by atoms with Crippen LogP contribution in [0.25, 0.3) is 44.4 Å². The van der Waals surface area contributed by atoms with Gasteiger partial charge in [-0.15, -0.1) is 35.7 Å². The zero-order chi connectivity index (χ0) is 36.7. The van der Waals surface area contributed by atoms with E-state index in [0.717, 1.165) is 61.9 Å². The summed E-state index contributed by atoms with van der Waals surface area (Å²) >= 11 is 0. The van der Waals surface area contributed by atoms with E-state index < -0.39 is 0 Å². The third-order valence-electron chi connectivity index (χ3n) is 10.3. The summed E-state index contributed by atoms with van der Waals surface area (Å²) in [7, 11) is 0. The third kappa shape index (κ3) is 7.92. The first kappa shape index (κ1) is 38.3. The van der Waals surface area contributed by atoms with Crippen molar-refractivity contribution in [3.63, 3.8) is 0 Å². The van der Waals surface area contributed by atoms with Crippen LogP contribution in [-0.4, -0.2) is 19.3 Å². The van der Waals surface area contributed by atoms with E-state index in [0.29, 0.717) is 17.4 Å². The number of pyridine rings is 1. The number of nitrogens with zero attached hydrogens (tertiary/aromatic N) is 4. The Hall–Kier alpha value is -4.47. The number of fused-ring (bicyclic) bond motifs is 3. The Morgan fingerprint density at radius 2 is 1.57 bits per heavy atom. The molecule has 3 aromatic heterocycles. The van der Waals surface area contributed by atoms with Gasteiger partial charge in [0.25, 0.3) is 0 Å². The Kier molecular flexibility index (Phi) is 11.2. The maximum Gasteiger partial charge on any atom is 2.00 e. The Bertz CT molecular complexity index is 2380. The molecule has 0 saturated carbocycles. The molecule has 0 spiro atoms. The van der Waals surface area contributed by atoms with Crippen LogP contribution in [-0.2, 0) is 26.5 Å². The fraction of sp³-hybridized carbons (Fsp3) is 0.319. The second kappa shape index (κ2) is 15.5. The van der Waals surface area contributed by atoms with Gasteiger partial charge in [-0.3, -0.25) is 4.68 Å². The monoisotopic (exact) mass is 881 g/mol. The van der Waals surface area contributed by atoms with Crippen molar-refractivity contribution in [3.8, 4) is 34.1 Å².